The zero-order valence-electron chi connectivity index (χ0n) is 9.72. The minimum atomic E-state index is -0.258. The molecule has 2 rings (SSSR count). The first-order valence-corrected chi connectivity index (χ1v) is 6.38. The molecular weight excluding hydrogens is 241 g/mol. The second kappa shape index (κ2) is 6.34. The van der Waals surface area contributed by atoms with Crippen molar-refractivity contribution >= 4 is 11.6 Å². The summed E-state index contributed by atoms with van der Waals surface area (Å²) in [4.78, 5) is 0. The second-order valence-electron chi connectivity index (χ2n) is 4.40. The first kappa shape index (κ1) is 12.8. The van der Waals surface area contributed by atoms with Crippen molar-refractivity contribution < 1.29 is 9.13 Å². The molecule has 1 unspecified atom stereocenters. The summed E-state index contributed by atoms with van der Waals surface area (Å²) in [5.41, 5.74) is 0.522. The van der Waals surface area contributed by atoms with Crippen LogP contribution < -0.4 is 5.32 Å². The zero-order chi connectivity index (χ0) is 12.1. The number of hydrogen-bond donors (Lipinski definition) is 1. The minimum absolute atomic E-state index is 0.258. The van der Waals surface area contributed by atoms with Crippen molar-refractivity contribution in [2.45, 2.75) is 31.9 Å². The van der Waals surface area contributed by atoms with Gasteiger partial charge in [0.15, 0.2) is 0 Å². The van der Waals surface area contributed by atoms with Crippen LogP contribution >= 0.6 is 11.6 Å². The molecule has 1 fully saturated rings. The first-order valence-electron chi connectivity index (χ1n) is 6.01. The van der Waals surface area contributed by atoms with E-state index in [1.165, 1.54) is 18.9 Å². The molecule has 1 atom stereocenters. The van der Waals surface area contributed by atoms with Crippen LogP contribution in [0.15, 0.2) is 18.2 Å². The maximum absolute atomic E-state index is 13.4. The van der Waals surface area contributed by atoms with Crippen molar-refractivity contribution in [2.24, 2.45) is 0 Å². The van der Waals surface area contributed by atoms with Gasteiger partial charge in [-0.3, -0.25) is 0 Å². The predicted molar refractivity (Wildman–Crippen MR) is 66.7 cm³/mol. The minimum Gasteiger partial charge on any atom is -0.375 e. The Bertz CT molecular complexity index is 366. The quantitative estimate of drug-likeness (QED) is 0.895. The van der Waals surface area contributed by atoms with Gasteiger partial charge < -0.3 is 10.1 Å². The molecule has 0 aliphatic carbocycles. The molecule has 0 aromatic heterocycles. The van der Waals surface area contributed by atoms with Gasteiger partial charge in [0.25, 0.3) is 0 Å². The highest BCUT2D eigenvalue weighted by atomic mass is 35.5. The summed E-state index contributed by atoms with van der Waals surface area (Å²) in [6, 6.07) is 4.94. The monoisotopic (exact) mass is 257 g/mol. The molecule has 1 aromatic carbocycles. The molecule has 4 heteroatoms. The van der Waals surface area contributed by atoms with E-state index in [1.54, 1.807) is 12.1 Å². The molecule has 0 saturated carbocycles. The summed E-state index contributed by atoms with van der Waals surface area (Å²) in [6.45, 7) is 1.97. The Hall–Kier alpha value is -0.640. The van der Waals surface area contributed by atoms with E-state index in [4.69, 9.17) is 16.3 Å². The molecule has 1 heterocycles. The largest absolute Gasteiger partial charge is 0.375 e. The standard InChI is InChI=1S/C13H17ClFNO/c14-11-4-5-13(15)10(7-11)8-17-9-12-3-1-2-6-16-12/h4-5,7,12,16H,1-3,6,8-9H2. The van der Waals surface area contributed by atoms with Crippen molar-refractivity contribution in [3.63, 3.8) is 0 Å². The highest BCUT2D eigenvalue weighted by Crippen LogP contribution is 2.16. The van der Waals surface area contributed by atoms with E-state index in [9.17, 15) is 4.39 Å². The first-order chi connectivity index (χ1) is 8.25. The Morgan fingerprint density at radius 3 is 3.06 bits per heavy atom. The average molecular weight is 258 g/mol. The maximum atomic E-state index is 13.4. The molecule has 0 amide bonds. The molecular formula is C13H17ClFNO. The van der Waals surface area contributed by atoms with Gasteiger partial charge in [0.2, 0.25) is 0 Å². The van der Waals surface area contributed by atoms with Crippen molar-refractivity contribution in [3.8, 4) is 0 Å². The summed E-state index contributed by atoms with van der Waals surface area (Å²) in [5, 5.41) is 3.93. The molecule has 1 aliphatic heterocycles. The Balaban J connectivity index is 1.79. The van der Waals surface area contributed by atoms with Crippen molar-refractivity contribution in [1.82, 2.24) is 5.32 Å². The summed E-state index contributed by atoms with van der Waals surface area (Å²) in [6.07, 6.45) is 3.62. The van der Waals surface area contributed by atoms with E-state index in [0.717, 1.165) is 13.0 Å². The van der Waals surface area contributed by atoms with Gasteiger partial charge in [-0.05, 0) is 37.6 Å². The maximum Gasteiger partial charge on any atom is 0.128 e. The van der Waals surface area contributed by atoms with Gasteiger partial charge in [-0.2, -0.15) is 0 Å². The Kier molecular flexibility index (Phi) is 4.77. The molecule has 1 aliphatic rings. The summed E-state index contributed by atoms with van der Waals surface area (Å²) in [7, 11) is 0. The smallest absolute Gasteiger partial charge is 0.128 e. The molecule has 1 N–H and O–H groups in total. The van der Waals surface area contributed by atoms with E-state index in [-0.39, 0.29) is 12.4 Å². The molecule has 0 spiro atoms. The number of nitrogens with one attached hydrogen (secondary N) is 1. The van der Waals surface area contributed by atoms with E-state index >= 15 is 0 Å². The fourth-order valence-electron chi connectivity index (χ4n) is 2.03. The molecule has 1 aromatic rings. The number of halogens is 2. The van der Waals surface area contributed by atoms with Crippen LogP contribution in [0.4, 0.5) is 4.39 Å². The van der Waals surface area contributed by atoms with E-state index in [2.05, 4.69) is 5.32 Å². The van der Waals surface area contributed by atoms with Crippen LogP contribution in [0.5, 0.6) is 0 Å². The molecule has 0 bridgehead atoms. The fraction of sp³-hybridized carbons (Fsp3) is 0.538. The van der Waals surface area contributed by atoms with Crippen molar-refractivity contribution in [2.75, 3.05) is 13.2 Å². The Labute approximate surface area is 106 Å². The van der Waals surface area contributed by atoms with Crippen LogP contribution in [-0.2, 0) is 11.3 Å². The third-order valence-corrected chi connectivity index (χ3v) is 3.23. The van der Waals surface area contributed by atoms with Gasteiger partial charge in [-0.1, -0.05) is 18.0 Å². The lowest BCUT2D eigenvalue weighted by Gasteiger charge is -2.23. The Morgan fingerprint density at radius 2 is 2.29 bits per heavy atom. The van der Waals surface area contributed by atoms with Crippen LogP contribution in [-0.4, -0.2) is 19.2 Å². The summed E-state index contributed by atoms with van der Waals surface area (Å²) >= 11 is 5.81. The second-order valence-corrected chi connectivity index (χ2v) is 4.83. The van der Waals surface area contributed by atoms with E-state index in [0.29, 0.717) is 23.2 Å². The third-order valence-electron chi connectivity index (χ3n) is 3.00. The number of benzene rings is 1. The van der Waals surface area contributed by atoms with Crippen LogP contribution in [0, 0.1) is 5.82 Å². The van der Waals surface area contributed by atoms with Gasteiger partial charge in [-0.25, -0.2) is 4.39 Å². The lowest BCUT2D eigenvalue weighted by Crippen LogP contribution is -2.37. The highest BCUT2D eigenvalue weighted by Gasteiger charge is 2.12. The van der Waals surface area contributed by atoms with Gasteiger partial charge in [0, 0.05) is 16.6 Å². The molecule has 0 radical (unpaired) electrons. The number of rotatable bonds is 4. The van der Waals surface area contributed by atoms with Crippen LogP contribution in [0.1, 0.15) is 24.8 Å². The highest BCUT2D eigenvalue weighted by molar-refractivity contribution is 6.30. The summed E-state index contributed by atoms with van der Waals surface area (Å²) < 4.78 is 18.9. The van der Waals surface area contributed by atoms with E-state index < -0.39 is 0 Å². The van der Waals surface area contributed by atoms with Crippen LogP contribution in [0.25, 0.3) is 0 Å². The van der Waals surface area contributed by atoms with Gasteiger partial charge in [-0.15, -0.1) is 0 Å². The van der Waals surface area contributed by atoms with Crippen LogP contribution in [0.2, 0.25) is 5.02 Å². The topological polar surface area (TPSA) is 21.3 Å². The van der Waals surface area contributed by atoms with Crippen LogP contribution in [0.3, 0.4) is 0 Å². The van der Waals surface area contributed by atoms with Crippen molar-refractivity contribution in [3.05, 3.63) is 34.6 Å². The zero-order valence-corrected chi connectivity index (χ0v) is 10.5. The number of ether oxygens (including phenoxy) is 1. The lowest BCUT2D eigenvalue weighted by molar-refractivity contribution is 0.0893. The van der Waals surface area contributed by atoms with Gasteiger partial charge >= 0.3 is 0 Å². The van der Waals surface area contributed by atoms with Gasteiger partial charge in [0.1, 0.15) is 5.82 Å². The van der Waals surface area contributed by atoms with Gasteiger partial charge in [0.05, 0.1) is 13.2 Å². The van der Waals surface area contributed by atoms with E-state index in [1.807, 2.05) is 0 Å². The van der Waals surface area contributed by atoms with Crippen molar-refractivity contribution in [1.29, 1.82) is 0 Å². The predicted octanol–water partition coefficient (Wildman–Crippen LogP) is 3.14. The molecule has 17 heavy (non-hydrogen) atoms. The SMILES string of the molecule is Fc1ccc(Cl)cc1COCC1CCCCN1. The molecule has 2 nitrogen and oxygen atoms in total. The third kappa shape index (κ3) is 3.95. The Morgan fingerprint density at radius 1 is 1.41 bits per heavy atom. The molecule has 94 valence electrons. The normalized spacial score (nSPS) is 20.5. The number of piperidine rings is 1. The lowest BCUT2D eigenvalue weighted by atomic mass is 10.1. The fourth-order valence-corrected chi connectivity index (χ4v) is 2.23. The average Bonchev–Trinajstić information content (AvgIpc) is 2.35. The molecule has 1 saturated heterocycles. The number of hydrogen-bond acceptors (Lipinski definition) is 2. The summed E-state index contributed by atoms with van der Waals surface area (Å²) in [5.74, 6) is -0.258.